The molecule has 0 atom stereocenters. The molecule has 1 aromatic carbocycles. The van der Waals surface area contributed by atoms with Crippen molar-refractivity contribution in [3.05, 3.63) is 35.9 Å². The fourth-order valence-electron chi connectivity index (χ4n) is 2.25. The molecule has 1 aliphatic rings. The van der Waals surface area contributed by atoms with Crippen LogP contribution in [-0.2, 0) is 25.7 Å². The highest BCUT2D eigenvalue weighted by atomic mass is 16.5. The van der Waals surface area contributed by atoms with Crippen LogP contribution in [0.2, 0.25) is 0 Å². The van der Waals surface area contributed by atoms with Crippen LogP contribution in [0.5, 0.6) is 0 Å². The zero-order chi connectivity index (χ0) is 15.1. The van der Waals surface area contributed by atoms with Gasteiger partial charge in [-0.15, -0.1) is 0 Å². The van der Waals surface area contributed by atoms with Crippen molar-refractivity contribution < 1.29 is 24.2 Å². The molecule has 1 aromatic rings. The minimum absolute atomic E-state index is 0.162. The van der Waals surface area contributed by atoms with Crippen molar-refractivity contribution in [1.82, 2.24) is 5.32 Å². The molecule has 114 valence electrons. The predicted molar refractivity (Wildman–Crippen MR) is 74.7 cm³/mol. The first-order chi connectivity index (χ1) is 10.1. The number of nitrogens with one attached hydrogen (secondary N) is 1. The fourth-order valence-corrected chi connectivity index (χ4v) is 2.25. The zero-order valence-corrected chi connectivity index (χ0v) is 11.7. The van der Waals surface area contributed by atoms with E-state index in [1.54, 1.807) is 0 Å². The van der Waals surface area contributed by atoms with Crippen LogP contribution < -0.4 is 5.32 Å². The number of aliphatic carboxylic acids is 1. The van der Waals surface area contributed by atoms with Gasteiger partial charge in [0, 0.05) is 26.1 Å². The lowest BCUT2D eigenvalue weighted by Crippen LogP contribution is -2.58. The lowest BCUT2D eigenvalue weighted by molar-refractivity contribution is -0.153. The molecule has 1 aliphatic heterocycles. The zero-order valence-electron chi connectivity index (χ0n) is 11.7. The van der Waals surface area contributed by atoms with Gasteiger partial charge in [-0.1, -0.05) is 30.3 Å². The van der Waals surface area contributed by atoms with Crippen LogP contribution in [0.25, 0.3) is 0 Å². The van der Waals surface area contributed by atoms with Crippen molar-refractivity contribution in [2.45, 2.75) is 25.0 Å². The third-order valence-electron chi connectivity index (χ3n) is 3.48. The Hall–Kier alpha value is -1.92. The molecule has 0 aromatic heterocycles. The summed E-state index contributed by atoms with van der Waals surface area (Å²) in [7, 11) is 0. The van der Waals surface area contributed by atoms with E-state index in [0.717, 1.165) is 5.56 Å². The smallest absolute Gasteiger partial charge is 0.329 e. The second-order valence-corrected chi connectivity index (χ2v) is 5.03. The Morgan fingerprint density at radius 1 is 1.24 bits per heavy atom. The van der Waals surface area contributed by atoms with Gasteiger partial charge in [0.15, 0.2) is 0 Å². The molecule has 2 N–H and O–H groups in total. The molecule has 0 spiro atoms. The Bertz CT molecular complexity index is 482. The quantitative estimate of drug-likeness (QED) is 0.816. The molecule has 0 radical (unpaired) electrons. The Morgan fingerprint density at radius 2 is 1.90 bits per heavy atom. The number of carboxylic acid groups (broad SMARTS) is 1. The monoisotopic (exact) mass is 293 g/mol. The van der Waals surface area contributed by atoms with Crippen LogP contribution in [0.3, 0.4) is 0 Å². The second kappa shape index (κ2) is 7.19. The van der Waals surface area contributed by atoms with Gasteiger partial charge in [-0.3, -0.25) is 4.79 Å². The van der Waals surface area contributed by atoms with E-state index in [1.807, 2.05) is 30.3 Å². The minimum atomic E-state index is -1.23. The Kier molecular flexibility index (Phi) is 5.30. The van der Waals surface area contributed by atoms with Crippen LogP contribution in [0.1, 0.15) is 18.4 Å². The first-order valence-electron chi connectivity index (χ1n) is 6.86. The molecule has 21 heavy (non-hydrogen) atoms. The van der Waals surface area contributed by atoms with Gasteiger partial charge in [-0.25, -0.2) is 4.79 Å². The molecule has 6 heteroatoms. The molecule has 1 amide bonds. The Balaban J connectivity index is 1.81. The summed E-state index contributed by atoms with van der Waals surface area (Å²) in [6.07, 6.45) is 0.541. The SMILES string of the molecule is O=C(COCc1ccccc1)NC1(C(=O)O)CCOCC1. The maximum absolute atomic E-state index is 11.9. The van der Waals surface area contributed by atoms with Gasteiger partial charge < -0.3 is 19.9 Å². The molecule has 0 saturated carbocycles. The number of hydrogen-bond donors (Lipinski definition) is 2. The summed E-state index contributed by atoms with van der Waals surface area (Å²) in [5.41, 5.74) is -0.268. The number of hydrogen-bond acceptors (Lipinski definition) is 4. The molecule has 1 saturated heterocycles. The van der Waals surface area contributed by atoms with Crippen molar-refractivity contribution in [3.63, 3.8) is 0 Å². The highest BCUT2D eigenvalue weighted by Gasteiger charge is 2.41. The standard InChI is InChI=1S/C15H19NO5/c17-13(11-21-10-12-4-2-1-3-5-12)16-15(14(18)19)6-8-20-9-7-15/h1-5H,6-11H2,(H,16,17)(H,18,19). The van der Waals surface area contributed by atoms with E-state index in [1.165, 1.54) is 0 Å². The first kappa shape index (κ1) is 15.5. The largest absolute Gasteiger partial charge is 0.480 e. The summed E-state index contributed by atoms with van der Waals surface area (Å²) in [5, 5.41) is 11.9. The summed E-state index contributed by atoms with van der Waals surface area (Å²) in [6.45, 7) is 0.817. The first-order valence-corrected chi connectivity index (χ1v) is 6.86. The van der Waals surface area contributed by atoms with Crippen LogP contribution in [0.15, 0.2) is 30.3 Å². The summed E-state index contributed by atoms with van der Waals surface area (Å²) in [6, 6.07) is 9.47. The Labute approximate surface area is 123 Å². The van der Waals surface area contributed by atoms with Gasteiger partial charge in [0.2, 0.25) is 5.91 Å². The number of benzene rings is 1. The lowest BCUT2D eigenvalue weighted by Gasteiger charge is -2.33. The van der Waals surface area contributed by atoms with E-state index in [-0.39, 0.29) is 19.4 Å². The van der Waals surface area contributed by atoms with E-state index >= 15 is 0 Å². The molecule has 1 fully saturated rings. The number of carbonyl (C=O) groups excluding carboxylic acids is 1. The molecule has 1 heterocycles. The number of carboxylic acids is 1. The molecular formula is C15H19NO5. The summed E-state index contributed by atoms with van der Waals surface area (Å²) in [5.74, 6) is -1.45. The van der Waals surface area contributed by atoms with E-state index in [0.29, 0.717) is 19.8 Å². The Morgan fingerprint density at radius 3 is 2.52 bits per heavy atom. The average molecular weight is 293 g/mol. The van der Waals surface area contributed by atoms with E-state index in [2.05, 4.69) is 5.32 Å². The van der Waals surface area contributed by atoms with Gasteiger partial charge in [0.05, 0.1) is 6.61 Å². The molecule has 0 unspecified atom stereocenters. The van der Waals surface area contributed by atoms with E-state index in [4.69, 9.17) is 9.47 Å². The number of rotatable bonds is 6. The highest BCUT2D eigenvalue weighted by Crippen LogP contribution is 2.21. The van der Waals surface area contributed by atoms with Crippen molar-refractivity contribution in [2.24, 2.45) is 0 Å². The number of ether oxygens (including phenoxy) is 2. The normalized spacial score (nSPS) is 17.1. The topological polar surface area (TPSA) is 84.9 Å². The van der Waals surface area contributed by atoms with Crippen molar-refractivity contribution in [2.75, 3.05) is 19.8 Å². The minimum Gasteiger partial charge on any atom is -0.480 e. The maximum Gasteiger partial charge on any atom is 0.329 e. The summed E-state index contributed by atoms with van der Waals surface area (Å²) in [4.78, 5) is 23.3. The molecule has 6 nitrogen and oxygen atoms in total. The third-order valence-corrected chi connectivity index (χ3v) is 3.48. The van der Waals surface area contributed by atoms with Gasteiger partial charge in [0.25, 0.3) is 0 Å². The van der Waals surface area contributed by atoms with Crippen molar-refractivity contribution in [3.8, 4) is 0 Å². The van der Waals surface area contributed by atoms with Crippen LogP contribution in [0, 0.1) is 0 Å². The number of carbonyl (C=O) groups is 2. The van der Waals surface area contributed by atoms with Crippen molar-refractivity contribution >= 4 is 11.9 Å². The van der Waals surface area contributed by atoms with Crippen LogP contribution in [0.4, 0.5) is 0 Å². The van der Waals surface area contributed by atoms with Crippen molar-refractivity contribution in [1.29, 1.82) is 0 Å². The predicted octanol–water partition coefficient (Wildman–Crippen LogP) is 0.953. The second-order valence-electron chi connectivity index (χ2n) is 5.03. The molecule has 0 aliphatic carbocycles. The summed E-state index contributed by atoms with van der Waals surface area (Å²) >= 11 is 0. The van der Waals surface area contributed by atoms with Gasteiger partial charge in [-0.05, 0) is 5.56 Å². The lowest BCUT2D eigenvalue weighted by atomic mass is 9.90. The van der Waals surface area contributed by atoms with Crippen LogP contribution in [-0.4, -0.2) is 42.3 Å². The van der Waals surface area contributed by atoms with Gasteiger partial charge in [-0.2, -0.15) is 0 Å². The van der Waals surface area contributed by atoms with E-state index in [9.17, 15) is 14.7 Å². The molecule has 0 bridgehead atoms. The molecule has 2 rings (SSSR count). The fraction of sp³-hybridized carbons (Fsp3) is 0.467. The third kappa shape index (κ3) is 4.27. The van der Waals surface area contributed by atoms with E-state index < -0.39 is 17.4 Å². The highest BCUT2D eigenvalue weighted by molar-refractivity contribution is 5.87. The average Bonchev–Trinajstić information content (AvgIpc) is 2.49. The van der Waals surface area contributed by atoms with Crippen LogP contribution >= 0.6 is 0 Å². The van der Waals surface area contributed by atoms with Gasteiger partial charge in [0.1, 0.15) is 12.1 Å². The summed E-state index contributed by atoms with van der Waals surface area (Å²) < 4.78 is 10.5. The molecular weight excluding hydrogens is 274 g/mol. The maximum atomic E-state index is 11.9. The van der Waals surface area contributed by atoms with Gasteiger partial charge >= 0.3 is 5.97 Å². The number of amides is 1.